The van der Waals surface area contributed by atoms with Crippen molar-refractivity contribution in [3.05, 3.63) is 62.4 Å². The molecule has 0 aliphatic carbocycles. The van der Waals surface area contributed by atoms with E-state index in [1.54, 1.807) is 18.2 Å². The molecule has 0 bridgehead atoms. The summed E-state index contributed by atoms with van der Waals surface area (Å²) in [6.45, 7) is 1.96. The third-order valence-corrected chi connectivity index (χ3v) is 6.30. The number of likely N-dealkylation sites (tertiary alicyclic amines) is 1. The highest BCUT2D eigenvalue weighted by molar-refractivity contribution is 9.10. The maximum absolute atomic E-state index is 13.9. The first-order valence-corrected chi connectivity index (χ1v) is 11.2. The van der Waals surface area contributed by atoms with Gasteiger partial charge in [-0.25, -0.2) is 0 Å². The predicted molar refractivity (Wildman–Crippen MR) is 116 cm³/mol. The van der Waals surface area contributed by atoms with Gasteiger partial charge in [-0.3, -0.25) is 4.79 Å². The molecule has 170 valence electrons. The Bertz CT molecular complexity index is 1180. The van der Waals surface area contributed by atoms with Crippen LogP contribution in [-0.2, 0) is 12.7 Å². The van der Waals surface area contributed by atoms with Crippen LogP contribution in [0.15, 0.2) is 50.1 Å². The molecule has 0 unspecified atom stereocenters. The molecule has 9 heteroatoms. The minimum atomic E-state index is -4.97. The number of hydrogen-bond acceptors (Lipinski definition) is 4. The predicted octanol–water partition coefficient (Wildman–Crippen LogP) is 5.03. The summed E-state index contributed by atoms with van der Waals surface area (Å²) in [6.07, 6.45) is -0.755. The monoisotopic (exact) mass is 512 g/mol. The quantitative estimate of drug-likeness (QED) is 0.514. The highest BCUT2D eigenvalue weighted by Crippen LogP contribution is 2.40. The lowest BCUT2D eigenvalue weighted by Gasteiger charge is -2.19. The Balaban J connectivity index is 1.87. The van der Waals surface area contributed by atoms with Crippen LogP contribution >= 0.6 is 15.9 Å². The minimum Gasteiger partial charge on any atom is -0.507 e. The third-order valence-electron chi connectivity index (χ3n) is 5.64. The number of fused-ring (bicyclic) bond motifs is 1. The Morgan fingerprint density at radius 3 is 2.41 bits per heavy atom. The van der Waals surface area contributed by atoms with Crippen LogP contribution in [0.3, 0.4) is 0 Å². The fraction of sp³-hybridized carbons (Fsp3) is 0.348. The normalized spacial score (nSPS) is 15.6. The van der Waals surface area contributed by atoms with Crippen molar-refractivity contribution in [2.75, 3.05) is 13.1 Å². The van der Waals surface area contributed by atoms with E-state index in [0.29, 0.717) is 4.47 Å². The Kier molecular flexibility index (Phi) is 6.48. The van der Waals surface area contributed by atoms with Crippen molar-refractivity contribution < 1.29 is 32.3 Å². The van der Waals surface area contributed by atoms with E-state index in [1.807, 2.05) is 0 Å². The van der Waals surface area contributed by atoms with Crippen molar-refractivity contribution in [3.8, 4) is 17.2 Å². The van der Waals surface area contributed by atoms with E-state index < -0.39 is 23.1 Å². The molecule has 0 radical (unpaired) electrons. The SMILES string of the molecule is O=c1c(Oc2ccccc2Br)c(C(F)(F)F)oc2c(C[NH+]3CCCCCC3)c(O)ccc12. The molecule has 1 aliphatic rings. The first kappa shape index (κ1) is 22.7. The maximum atomic E-state index is 13.9. The van der Waals surface area contributed by atoms with Gasteiger partial charge >= 0.3 is 6.18 Å². The van der Waals surface area contributed by atoms with Crippen LogP contribution in [-0.4, -0.2) is 18.2 Å². The van der Waals surface area contributed by atoms with Gasteiger partial charge in [-0.2, -0.15) is 13.2 Å². The summed E-state index contributed by atoms with van der Waals surface area (Å²) >= 11 is 3.21. The summed E-state index contributed by atoms with van der Waals surface area (Å²) in [5.41, 5.74) is -0.991. The van der Waals surface area contributed by atoms with Gasteiger partial charge in [0.2, 0.25) is 11.2 Å². The first-order chi connectivity index (χ1) is 15.3. The number of ether oxygens (including phenoxy) is 1. The molecule has 0 atom stereocenters. The van der Waals surface area contributed by atoms with E-state index in [4.69, 9.17) is 9.15 Å². The van der Waals surface area contributed by atoms with Gasteiger partial charge < -0.3 is 19.2 Å². The molecule has 2 heterocycles. The van der Waals surface area contributed by atoms with Crippen LogP contribution in [0, 0.1) is 0 Å². The largest absolute Gasteiger partial charge is 0.507 e. The van der Waals surface area contributed by atoms with Crippen molar-refractivity contribution in [2.24, 2.45) is 0 Å². The van der Waals surface area contributed by atoms with Crippen LogP contribution in [0.25, 0.3) is 11.0 Å². The number of nitrogens with one attached hydrogen (secondary N) is 1. The molecule has 5 nitrogen and oxygen atoms in total. The van der Waals surface area contributed by atoms with Gasteiger partial charge in [0.25, 0.3) is 5.76 Å². The average molecular weight is 513 g/mol. The van der Waals surface area contributed by atoms with Crippen molar-refractivity contribution in [1.29, 1.82) is 0 Å². The number of halogens is 4. The molecule has 1 aromatic heterocycles. The second-order valence-corrected chi connectivity index (χ2v) is 8.75. The zero-order valence-electron chi connectivity index (χ0n) is 17.1. The van der Waals surface area contributed by atoms with E-state index in [2.05, 4.69) is 15.9 Å². The smallest absolute Gasteiger partial charge is 0.453 e. The number of rotatable bonds is 4. The van der Waals surface area contributed by atoms with Crippen molar-refractivity contribution >= 4 is 26.9 Å². The summed E-state index contributed by atoms with van der Waals surface area (Å²) in [7, 11) is 0. The average Bonchev–Trinajstić information content (AvgIpc) is 3.01. The second kappa shape index (κ2) is 9.15. The topological polar surface area (TPSA) is 64.1 Å². The van der Waals surface area contributed by atoms with Gasteiger partial charge in [0.1, 0.15) is 18.0 Å². The van der Waals surface area contributed by atoms with Crippen LogP contribution in [0.4, 0.5) is 13.2 Å². The highest BCUT2D eigenvalue weighted by atomic mass is 79.9. The Labute approximate surface area is 190 Å². The zero-order chi connectivity index (χ0) is 22.9. The number of alkyl halides is 3. The summed E-state index contributed by atoms with van der Waals surface area (Å²) in [4.78, 5) is 14.3. The van der Waals surface area contributed by atoms with E-state index in [9.17, 15) is 23.1 Å². The second-order valence-electron chi connectivity index (χ2n) is 7.90. The fourth-order valence-electron chi connectivity index (χ4n) is 4.03. The Hall–Kier alpha value is -2.52. The molecule has 1 saturated heterocycles. The summed E-state index contributed by atoms with van der Waals surface area (Å²) in [6, 6.07) is 8.87. The minimum absolute atomic E-state index is 0.0534. The van der Waals surface area contributed by atoms with Gasteiger partial charge in [-0.15, -0.1) is 0 Å². The summed E-state index contributed by atoms with van der Waals surface area (Å²) < 4.78 is 52.8. The van der Waals surface area contributed by atoms with Crippen molar-refractivity contribution in [3.63, 3.8) is 0 Å². The maximum Gasteiger partial charge on any atom is 0.453 e. The Morgan fingerprint density at radius 1 is 1.06 bits per heavy atom. The number of phenols is 1. The zero-order valence-corrected chi connectivity index (χ0v) is 18.7. The van der Waals surface area contributed by atoms with E-state index in [0.717, 1.165) is 43.7 Å². The molecule has 0 amide bonds. The number of quaternary nitrogens is 1. The molecule has 0 spiro atoms. The number of aromatic hydroxyl groups is 1. The van der Waals surface area contributed by atoms with E-state index >= 15 is 0 Å². The number of phenolic OH excluding ortho intramolecular Hbond substituents is 1. The molecule has 3 aromatic rings. The van der Waals surface area contributed by atoms with Gasteiger partial charge in [0, 0.05) is 0 Å². The molecule has 1 aliphatic heterocycles. The molecule has 4 rings (SSSR count). The fourth-order valence-corrected chi connectivity index (χ4v) is 4.40. The number of hydrogen-bond donors (Lipinski definition) is 2. The van der Waals surface area contributed by atoms with Gasteiger partial charge in [0.15, 0.2) is 5.58 Å². The lowest BCUT2D eigenvalue weighted by Crippen LogP contribution is -3.10. The van der Waals surface area contributed by atoms with Gasteiger partial charge in [-0.05, 0) is 65.9 Å². The third kappa shape index (κ3) is 4.63. The molecule has 32 heavy (non-hydrogen) atoms. The summed E-state index contributed by atoms with van der Waals surface area (Å²) in [5, 5.41) is 10.4. The molecule has 2 aromatic carbocycles. The first-order valence-electron chi connectivity index (χ1n) is 10.4. The van der Waals surface area contributed by atoms with Crippen molar-refractivity contribution in [2.45, 2.75) is 38.4 Å². The standard InChI is InChI=1S/C23H21BrF3NO4/c24-16-7-3-4-8-18(16)31-21-19(30)14-9-10-17(29)15(13-28-11-5-1-2-6-12-28)20(14)32-22(21)23(25,26)27/h3-4,7-10,29H,1-2,5-6,11-13H2/p+1. The lowest BCUT2D eigenvalue weighted by atomic mass is 10.1. The van der Waals surface area contributed by atoms with Crippen LogP contribution in [0.1, 0.15) is 37.0 Å². The molecule has 2 N–H and O–H groups in total. The number of benzene rings is 2. The molecule has 0 saturated carbocycles. The van der Waals surface area contributed by atoms with Gasteiger partial charge in [0.05, 0.1) is 28.5 Å². The molecular weight excluding hydrogens is 491 g/mol. The van der Waals surface area contributed by atoms with Crippen molar-refractivity contribution in [1.82, 2.24) is 0 Å². The molecule has 1 fully saturated rings. The lowest BCUT2D eigenvalue weighted by molar-refractivity contribution is -0.913. The van der Waals surface area contributed by atoms with Crippen LogP contribution < -0.4 is 15.1 Å². The molecular formula is C23H22BrF3NO4+. The highest BCUT2D eigenvalue weighted by Gasteiger charge is 2.41. The van der Waals surface area contributed by atoms with Crippen LogP contribution in [0.5, 0.6) is 17.2 Å². The summed E-state index contributed by atoms with van der Waals surface area (Å²) in [5.74, 6) is -2.60. The Morgan fingerprint density at radius 2 is 1.75 bits per heavy atom. The van der Waals surface area contributed by atoms with E-state index in [1.165, 1.54) is 18.2 Å². The van der Waals surface area contributed by atoms with Crippen LogP contribution in [0.2, 0.25) is 0 Å². The van der Waals surface area contributed by atoms with Gasteiger partial charge in [-0.1, -0.05) is 12.1 Å². The number of para-hydroxylation sites is 1. The van der Waals surface area contributed by atoms with E-state index in [-0.39, 0.29) is 34.6 Å².